The van der Waals surface area contributed by atoms with Crippen molar-refractivity contribution in [3.63, 3.8) is 0 Å². The van der Waals surface area contributed by atoms with Crippen LogP contribution in [0.2, 0.25) is 0 Å². The molecule has 0 unspecified atom stereocenters. The Morgan fingerprint density at radius 3 is 2.43 bits per heavy atom. The van der Waals surface area contributed by atoms with E-state index in [1.54, 1.807) is 54.7 Å². The first kappa shape index (κ1) is 20.9. The Balaban J connectivity index is 1.52. The summed E-state index contributed by atoms with van der Waals surface area (Å²) in [5, 5.41) is 5.52. The number of benzene rings is 2. The van der Waals surface area contributed by atoms with Gasteiger partial charge in [-0.25, -0.2) is 0 Å². The Morgan fingerprint density at radius 2 is 1.73 bits per heavy atom. The largest absolute Gasteiger partial charge is 0.435 e. The lowest BCUT2D eigenvalue weighted by atomic mass is 10.1. The summed E-state index contributed by atoms with van der Waals surface area (Å²) in [6.07, 6.45) is 3.56. The van der Waals surface area contributed by atoms with E-state index in [0.29, 0.717) is 29.8 Å². The maximum Gasteiger partial charge on any atom is 0.387 e. The predicted molar refractivity (Wildman–Crippen MR) is 108 cm³/mol. The number of anilines is 1. The normalized spacial score (nSPS) is 10.5. The summed E-state index contributed by atoms with van der Waals surface area (Å²) in [5.74, 6) is -0.520. The Morgan fingerprint density at radius 1 is 0.967 bits per heavy atom. The van der Waals surface area contributed by atoms with Crippen LogP contribution in [0.3, 0.4) is 0 Å². The van der Waals surface area contributed by atoms with Crippen LogP contribution in [0.25, 0.3) is 0 Å². The summed E-state index contributed by atoms with van der Waals surface area (Å²) >= 11 is 0. The van der Waals surface area contributed by atoms with E-state index in [4.69, 9.17) is 0 Å². The molecule has 30 heavy (non-hydrogen) atoms. The van der Waals surface area contributed by atoms with Crippen LogP contribution in [0.5, 0.6) is 5.75 Å². The van der Waals surface area contributed by atoms with Gasteiger partial charge in [-0.3, -0.25) is 14.6 Å². The maximum atomic E-state index is 12.4. The minimum atomic E-state index is -2.86. The zero-order valence-corrected chi connectivity index (χ0v) is 15.8. The number of alkyl halides is 2. The van der Waals surface area contributed by atoms with Crippen LogP contribution in [0.1, 0.15) is 26.3 Å². The predicted octanol–water partition coefficient (Wildman–Crippen LogP) is 3.91. The summed E-state index contributed by atoms with van der Waals surface area (Å²) in [6, 6.07) is 16.1. The fourth-order valence-electron chi connectivity index (χ4n) is 2.70. The maximum absolute atomic E-state index is 12.4. The lowest BCUT2D eigenvalue weighted by molar-refractivity contribution is -0.0498. The molecule has 154 valence electrons. The van der Waals surface area contributed by atoms with E-state index in [0.717, 1.165) is 5.56 Å². The first-order valence-electron chi connectivity index (χ1n) is 9.14. The van der Waals surface area contributed by atoms with Crippen LogP contribution in [0.4, 0.5) is 14.5 Å². The molecule has 3 aromatic rings. The van der Waals surface area contributed by atoms with Crippen molar-refractivity contribution in [1.82, 2.24) is 10.3 Å². The van der Waals surface area contributed by atoms with Gasteiger partial charge in [-0.2, -0.15) is 8.78 Å². The molecular formula is C22H19F2N3O3. The average molecular weight is 411 g/mol. The highest BCUT2D eigenvalue weighted by Crippen LogP contribution is 2.15. The number of hydrogen-bond acceptors (Lipinski definition) is 4. The van der Waals surface area contributed by atoms with Gasteiger partial charge in [-0.15, -0.1) is 0 Å². The summed E-state index contributed by atoms with van der Waals surface area (Å²) in [4.78, 5) is 28.5. The highest BCUT2D eigenvalue weighted by atomic mass is 19.3. The zero-order valence-electron chi connectivity index (χ0n) is 15.8. The van der Waals surface area contributed by atoms with Crippen molar-refractivity contribution in [2.75, 3.05) is 11.9 Å². The minimum absolute atomic E-state index is 0.0860. The van der Waals surface area contributed by atoms with Gasteiger partial charge in [0.25, 0.3) is 11.8 Å². The van der Waals surface area contributed by atoms with Crippen LogP contribution in [-0.2, 0) is 6.42 Å². The summed E-state index contributed by atoms with van der Waals surface area (Å²) in [5.41, 5.74) is 2.18. The van der Waals surface area contributed by atoms with Gasteiger partial charge in [0.15, 0.2) is 0 Å². The summed E-state index contributed by atoms with van der Waals surface area (Å²) in [6.45, 7) is -2.50. The highest BCUT2D eigenvalue weighted by Gasteiger charge is 2.09. The van der Waals surface area contributed by atoms with Crippen molar-refractivity contribution in [2.45, 2.75) is 13.0 Å². The SMILES string of the molecule is O=C(NCCc1ccc(OC(F)F)cc1)c1cccc(NC(=O)c2cccnc2)c1. The Labute approximate surface area is 171 Å². The number of aromatic nitrogens is 1. The molecule has 1 heterocycles. The van der Waals surface area contributed by atoms with E-state index in [9.17, 15) is 18.4 Å². The smallest absolute Gasteiger partial charge is 0.387 e. The van der Waals surface area contributed by atoms with Gasteiger partial charge in [0.1, 0.15) is 5.75 Å². The monoisotopic (exact) mass is 411 g/mol. The Kier molecular flexibility index (Phi) is 7.05. The first-order valence-corrected chi connectivity index (χ1v) is 9.14. The van der Waals surface area contributed by atoms with Crippen molar-refractivity contribution in [2.24, 2.45) is 0 Å². The molecule has 2 aromatic carbocycles. The molecule has 3 rings (SSSR count). The van der Waals surface area contributed by atoms with Crippen LogP contribution < -0.4 is 15.4 Å². The van der Waals surface area contributed by atoms with E-state index in [-0.39, 0.29) is 17.6 Å². The molecule has 0 aliphatic rings. The van der Waals surface area contributed by atoms with Gasteiger partial charge in [0, 0.05) is 30.2 Å². The highest BCUT2D eigenvalue weighted by molar-refractivity contribution is 6.04. The third-order valence-corrected chi connectivity index (χ3v) is 4.15. The summed E-state index contributed by atoms with van der Waals surface area (Å²) in [7, 11) is 0. The van der Waals surface area contributed by atoms with Crippen molar-refractivity contribution in [3.05, 3.63) is 89.7 Å². The minimum Gasteiger partial charge on any atom is -0.435 e. The van der Waals surface area contributed by atoms with Crippen LogP contribution >= 0.6 is 0 Å². The van der Waals surface area contributed by atoms with E-state index in [1.807, 2.05) is 0 Å². The third-order valence-electron chi connectivity index (χ3n) is 4.15. The van der Waals surface area contributed by atoms with Crippen LogP contribution in [0.15, 0.2) is 73.1 Å². The van der Waals surface area contributed by atoms with Crippen molar-refractivity contribution < 1.29 is 23.1 Å². The number of carbonyl (C=O) groups is 2. The molecule has 0 atom stereocenters. The second kappa shape index (κ2) is 10.1. The van der Waals surface area contributed by atoms with Gasteiger partial charge in [-0.1, -0.05) is 18.2 Å². The Hall–Kier alpha value is -3.81. The number of rotatable bonds is 8. The molecule has 0 aliphatic heterocycles. The molecule has 0 aliphatic carbocycles. The molecule has 6 nitrogen and oxygen atoms in total. The van der Waals surface area contributed by atoms with Gasteiger partial charge in [0.05, 0.1) is 5.56 Å². The molecular weight excluding hydrogens is 392 g/mol. The van der Waals surface area contributed by atoms with E-state index in [1.165, 1.54) is 18.3 Å². The molecule has 0 saturated carbocycles. The first-order chi connectivity index (χ1) is 14.5. The van der Waals surface area contributed by atoms with Gasteiger partial charge in [0.2, 0.25) is 0 Å². The second-order valence-corrected chi connectivity index (χ2v) is 6.30. The van der Waals surface area contributed by atoms with Gasteiger partial charge < -0.3 is 15.4 Å². The number of ether oxygens (including phenoxy) is 1. The molecule has 2 amide bonds. The average Bonchev–Trinajstić information content (AvgIpc) is 2.75. The molecule has 0 radical (unpaired) electrons. The quantitative estimate of drug-likeness (QED) is 0.589. The van der Waals surface area contributed by atoms with E-state index < -0.39 is 6.61 Å². The van der Waals surface area contributed by atoms with E-state index in [2.05, 4.69) is 20.4 Å². The topological polar surface area (TPSA) is 80.3 Å². The van der Waals surface area contributed by atoms with Crippen molar-refractivity contribution >= 4 is 17.5 Å². The standard InChI is InChI=1S/C22H19F2N3O3/c23-22(24)30-19-8-6-15(7-9-19)10-12-26-20(28)16-3-1-5-18(13-16)27-21(29)17-4-2-11-25-14-17/h1-9,11,13-14,22H,10,12H2,(H,26,28)(H,27,29). The lowest BCUT2D eigenvalue weighted by Crippen LogP contribution is -2.25. The Bertz CT molecular complexity index is 996. The van der Waals surface area contributed by atoms with E-state index >= 15 is 0 Å². The fraction of sp³-hybridized carbons (Fsp3) is 0.136. The second-order valence-electron chi connectivity index (χ2n) is 6.30. The number of hydrogen-bond donors (Lipinski definition) is 2. The van der Waals surface area contributed by atoms with Gasteiger partial charge in [-0.05, 0) is 54.4 Å². The van der Waals surface area contributed by atoms with Crippen LogP contribution in [-0.4, -0.2) is 30.0 Å². The molecule has 8 heteroatoms. The molecule has 1 aromatic heterocycles. The fourth-order valence-corrected chi connectivity index (χ4v) is 2.70. The molecule has 0 saturated heterocycles. The lowest BCUT2D eigenvalue weighted by Gasteiger charge is -2.09. The molecule has 0 fully saturated rings. The third kappa shape index (κ3) is 6.10. The number of amides is 2. The zero-order chi connectivity index (χ0) is 21.3. The van der Waals surface area contributed by atoms with Crippen LogP contribution in [0, 0.1) is 0 Å². The van der Waals surface area contributed by atoms with Gasteiger partial charge >= 0.3 is 6.61 Å². The molecule has 2 N–H and O–H groups in total. The number of halogens is 2. The number of carbonyl (C=O) groups excluding carboxylic acids is 2. The summed E-state index contributed by atoms with van der Waals surface area (Å²) < 4.78 is 28.6. The number of nitrogens with zero attached hydrogens (tertiary/aromatic N) is 1. The van der Waals surface area contributed by atoms with Crippen molar-refractivity contribution in [1.29, 1.82) is 0 Å². The molecule has 0 bridgehead atoms. The number of pyridine rings is 1. The molecule has 0 spiro atoms. The number of nitrogens with one attached hydrogen (secondary N) is 2. The van der Waals surface area contributed by atoms with Crippen molar-refractivity contribution in [3.8, 4) is 5.75 Å².